The Balaban J connectivity index is 1.68. The van der Waals surface area contributed by atoms with Crippen molar-refractivity contribution in [3.05, 3.63) is 42.6 Å². The molecule has 27 heavy (non-hydrogen) atoms. The number of nitrogens with one attached hydrogen (secondary N) is 2. The van der Waals surface area contributed by atoms with Crippen LogP contribution in [0.4, 0.5) is 22.9 Å². The average Bonchev–Trinajstić information content (AvgIpc) is 2.69. The fraction of sp³-hybridized carbons (Fsp3) is 0.421. The minimum absolute atomic E-state index is 0.121. The van der Waals surface area contributed by atoms with E-state index in [0.717, 1.165) is 44.1 Å². The number of pyridine rings is 1. The molecule has 1 aliphatic heterocycles. The van der Waals surface area contributed by atoms with E-state index < -0.39 is 10.0 Å². The molecule has 0 amide bonds. The maximum atomic E-state index is 12.0. The largest absolute Gasteiger partial charge is 0.378 e. The van der Waals surface area contributed by atoms with Gasteiger partial charge in [-0.3, -0.25) is 4.72 Å². The fourth-order valence-corrected chi connectivity index (χ4v) is 4.14. The van der Waals surface area contributed by atoms with Gasteiger partial charge < -0.3 is 15.0 Å². The zero-order valence-corrected chi connectivity index (χ0v) is 16.3. The maximum Gasteiger partial charge on any atom is 0.232 e. The van der Waals surface area contributed by atoms with Gasteiger partial charge in [-0.1, -0.05) is 25.5 Å². The second-order valence-electron chi connectivity index (χ2n) is 6.45. The molecule has 1 aliphatic rings. The molecule has 2 heterocycles. The Morgan fingerprint density at radius 3 is 2.63 bits per heavy atom. The van der Waals surface area contributed by atoms with Crippen molar-refractivity contribution in [2.24, 2.45) is 0 Å². The second-order valence-corrected chi connectivity index (χ2v) is 8.29. The lowest BCUT2D eigenvalue weighted by atomic mass is 10.2. The molecule has 1 fully saturated rings. The standard InChI is InChI=1S/C19H26N4O3S/c1-2-3-14-27(24,25)22-16-8-9-19(20-15-16)21-17-6-4-5-7-18(17)23-10-12-26-13-11-23/h4-9,15,22H,2-3,10-14H2,1H3,(H,20,21). The summed E-state index contributed by atoms with van der Waals surface area (Å²) in [6, 6.07) is 11.6. The van der Waals surface area contributed by atoms with Gasteiger partial charge >= 0.3 is 0 Å². The van der Waals surface area contributed by atoms with Crippen LogP contribution in [0.25, 0.3) is 0 Å². The predicted octanol–water partition coefficient (Wildman–Crippen LogP) is 3.20. The van der Waals surface area contributed by atoms with Gasteiger partial charge in [0.05, 0.1) is 42.2 Å². The van der Waals surface area contributed by atoms with Crippen molar-refractivity contribution in [2.75, 3.05) is 47.0 Å². The number of rotatable bonds is 8. The number of ether oxygens (including phenoxy) is 1. The quantitative estimate of drug-likeness (QED) is 0.720. The van der Waals surface area contributed by atoms with Crippen molar-refractivity contribution < 1.29 is 13.2 Å². The molecule has 3 rings (SSSR count). The highest BCUT2D eigenvalue weighted by molar-refractivity contribution is 7.92. The highest BCUT2D eigenvalue weighted by Crippen LogP contribution is 2.29. The van der Waals surface area contributed by atoms with Crippen molar-refractivity contribution in [3.8, 4) is 0 Å². The molecule has 0 spiro atoms. The highest BCUT2D eigenvalue weighted by atomic mass is 32.2. The van der Waals surface area contributed by atoms with Gasteiger partial charge in [-0.25, -0.2) is 13.4 Å². The van der Waals surface area contributed by atoms with Crippen molar-refractivity contribution in [1.29, 1.82) is 0 Å². The molecule has 0 unspecified atom stereocenters. The van der Waals surface area contributed by atoms with Crippen LogP contribution in [0.5, 0.6) is 0 Å². The Kier molecular flexibility index (Phi) is 6.52. The normalized spacial score (nSPS) is 14.8. The topological polar surface area (TPSA) is 83.6 Å². The lowest BCUT2D eigenvalue weighted by molar-refractivity contribution is 0.123. The Labute approximate surface area is 160 Å². The molecule has 1 saturated heterocycles. The number of sulfonamides is 1. The summed E-state index contributed by atoms with van der Waals surface area (Å²) in [5.41, 5.74) is 2.54. The first-order chi connectivity index (χ1) is 13.1. The van der Waals surface area contributed by atoms with E-state index in [4.69, 9.17) is 4.74 Å². The molecule has 146 valence electrons. The number of hydrogen-bond donors (Lipinski definition) is 2. The lowest BCUT2D eigenvalue weighted by Gasteiger charge is -2.30. The van der Waals surface area contributed by atoms with E-state index in [1.165, 1.54) is 6.20 Å². The number of hydrogen-bond acceptors (Lipinski definition) is 6. The zero-order valence-electron chi connectivity index (χ0n) is 15.5. The van der Waals surface area contributed by atoms with Gasteiger partial charge in [-0.05, 0) is 30.7 Å². The van der Waals surface area contributed by atoms with Crippen LogP contribution in [-0.2, 0) is 14.8 Å². The molecule has 1 aromatic carbocycles. The summed E-state index contributed by atoms with van der Waals surface area (Å²) in [4.78, 5) is 6.62. The van der Waals surface area contributed by atoms with Crippen LogP contribution < -0.4 is 14.9 Å². The molecule has 7 nitrogen and oxygen atoms in total. The lowest BCUT2D eigenvalue weighted by Crippen LogP contribution is -2.36. The third-order valence-corrected chi connectivity index (χ3v) is 5.69. The molecular formula is C19H26N4O3S. The predicted molar refractivity (Wildman–Crippen MR) is 109 cm³/mol. The zero-order chi connectivity index (χ0) is 19.1. The van der Waals surface area contributed by atoms with E-state index in [9.17, 15) is 8.42 Å². The Bertz CT molecular complexity index is 834. The number of morpholine rings is 1. The van der Waals surface area contributed by atoms with Crippen molar-refractivity contribution in [2.45, 2.75) is 19.8 Å². The van der Waals surface area contributed by atoms with E-state index >= 15 is 0 Å². The van der Waals surface area contributed by atoms with Crippen LogP contribution in [0.15, 0.2) is 42.6 Å². The van der Waals surface area contributed by atoms with Crippen LogP contribution in [0.3, 0.4) is 0 Å². The monoisotopic (exact) mass is 390 g/mol. The molecule has 0 saturated carbocycles. The van der Waals surface area contributed by atoms with Gasteiger partial charge in [0.2, 0.25) is 10.0 Å². The molecule has 2 N–H and O–H groups in total. The Morgan fingerprint density at radius 2 is 1.93 bits per heavy atom. The smallest absolute Gasteiger partial charge is 0.232 e. The Morgan fingerprint density at radius 1 is 1.15 bits per heavy atom. The highest BCUT2D eigenvalue weighted by Gasteiger charge is 2.15. The van der Waals surface area contributed by atoms with E-state index in [1.807, 2.05) is 25.1 Å². The first kappa shape index (κ1) is 19.4. The van der Waals surface area contributed by atoms with Gasteiger partial charge in [0, 0.05) is 13.1 Å². The number of aromatic nitrogens is 1. The number of nitrogens with zero attached hydrogens (tertiary/aromatic N) is 2. The molecule has 0 aliphatic carbocycles. The van der Waals surface area contributed by atoms with E-state index in [-0.39, 0.29) is 5.75 Å². The van der Waals surface area contributed by atoms with Gasteiger partial charge in [0.15, 0.2) is 0 Å². The third-order valence-electron chi connectivity index (χ3n) is 4.32. The summed E-state index contributed by atoms with van der Waals surface area (Å²) < 4.78 is 32.0. The molecule has 8 heteroatoms. The summed E-state index contributed by atoms with van der Waals surface area (Å²) in [7, 11) is -3.32. The Hall–Kier alpha value is -2.32. The first-order valence-electron chi connectivity index (χ1n) is 9.23. The molecular weight excluding hydrogens is 364 g/mol. The van der Waals surface area contributed by atoms with Crippen molar-refractivity contribution >= 4 is 32.9 Å². The maximum absolute atomic E-state index is 12.0. The van der Waals surface area contributed by atoms with Crippen LogP contribution in [0.2, 0.25) is 0 Å². The van der Waals surface area contributed by atoms with Crippen LogP contribution >= 0.6 is 0 Å². The first-order valence-corrected chi connectivity index (χ1v) is 10.9. The van der Waals surface area contributed by atoms with Crippen LogP contribution in [0, 0.1) is 0 Å². The third kappa shape index (κ3) is 5.58. The molecule has 1 aromatic heterocycles. The average molecular weight is 391 g/mol. The number of unbranched alkanes of at least 4 members (excludes halogenated alkanes) is 1. The van der Waals surface area contributed by atoms with Crippen molar-refractivity contribution in [1.82, 2.24) is 4.98 Å². The van der Waals surface area contributed by atoms with Crippen LogP contribution in [0.1, 0.15) is 19.8 Å². The number of anilines is 4. The minimum Gasteiger partial charge on any atom is -0.378 e. The van der Waals surface area contributed by atoms with E-state index in [1.54, 1.807) is 12.1 Å². The van der Waals surface area contributed by atoms with E-state index in [2.05, 4.69) is 26.0 Å². The fourth-order valence-electron chi connectivity index (χ4n) is 2.89. The molecule has 0 radical (unpaired) electrons. The number of para-hydroxylation sites is 2. The SMILES string of the molecule is CCCCS(=O)(=O)Nc1ccc(Nc2ccccc2N2CCOCC2)nc1. The van der Waals surface area contributed by atoms with Gasteiger partial charge in [0.25, 0.3) is 0 Å². The van der Waals surface area contributed by atoms with Crippen molar-refractivity contribution in [3.63, 3.8) is 0 Å². The summed E-state index contributed by atoms with van der Waals surface area (Å²) in [5.74, 6) is 0.781. The van der Waals surface area contributed by atoms with Gasteiger partial charge in [0.1, 0.15) is 5.82 Å². The molecule has 2 aromatic rings. The summed E-state index contributed by atoms with van der Waals surface area (Å²) in [6.07, 6.45) is 3.01. The van der Waals surface area contributed by atoms with Gasteiger partial charge in [-0.15, -0.1) is 0 Å². The summed E-state index contributed by atoms with van der Waals surface area (Å²) >= 11 is 0. The molecule has 0 atom stereocenters. The summed E-state index contributed by atoms with van der Waals surface area (Å²) in [5, 5.41) is 3.32. The molecule has 0 bridgehead atoms. The second kappa shape index (κ2) is 9.05. The number of benzene rings is 1. The van der Waals surface area contributed by atoms with Crippen LogP contribution in [-0.4, -0.2) is 45.5 Å². The van der Waals surface area contributed by atoms with E-state index in [0.29, 0.717) is 17.9 Å². The van der Waals surface area contributed by atoms with Gasteiger partial charge in [-0.2, -0.15) is 0 Å². The summed E-state index contributed by atoms with van der Waals surface area (Å²) in [6.45, 7) is 5.11. The minimum atomic E-state index is -3.32.